The van der Waals surface area contributed by atoms with Crippen LogP contribution in [-0.2, 0) is 4.79 Å². The van der Waals surface area contributed by atoms with Crippen LogP contribution in [0, 0.1) is 11.8 Å². The van der Waals surface area contributed by atoms with Crippen LogP contribution in [0.15, 0.2) is 12.2 Å². The van der Waals surface area contributed by atoms with Gasteiger partial charge in [-0.1, -0.05) is 19.1 Å². The first-order valence-corrected chi connectivity index (χ1v) is 4.89. The van der Waals surface area contributed by atoms with Gasteiger partial charge in [0.05, 0.1) is 0 Å². The van der Waals surface area contributed by atoms with Gasteiger partial charge in [0.25, 0.3) is 0 Å². The van der Waals surface area contributed by atoms with Crippen molar-refractivity contribution in [1.29, 1.82) is 0 Å². The van der Waals surface area contributed by atoms with E-state index in [1.807, 2.05) is 13.0 Å². The van der Waals surface area contributed by atoms with Crippen LogP contribution in [0.4, 0.5) is 0 Å². The van der Waals surface area contributed by atoms with E-state index in [1.165, 1.54) is 6.42 Å². The molecule has 1 heteroatoms. The molecule has 0 heterocycles. The highest BCUT2D eigenvalue weighted by Crippen LogP contribution is 2.29. The number of carbonyl (C=O) groups is 1. The van der Waals surface area contributed by atoms with E-state index >= 15 is 0 Å². The molecule has 2 atom stereocenters. The summed E-state index contributed by atoms with van der Waals surface area (Å²) in [5.41, 5.74) is 0. The first-order valence-electron chi connectivity index (χ1n) is 4.89. The topological polar surface area (TPSA) is 17.1 Å². The number of ketones is 1. The molecule has 0 amide bonds. The minimum Gasteiger partial charge on any atom is -0.299 e. The minimum atomic E-state index is 0.315. The maximum absolute atomic E-state index is 11.5. The molecule has 0 aromatic heterocycles. The number of carbonyl (C=O) groups excluding carboxylic acids is 1. The predicted octanol–water partition coefficient (Wildman–Crippen LogP) is 2.96. The quantitative estimate of drug-likeness (QED) is 0.576. The molecule has 1 nitrogen and oxygen atoms in total. The van der Waals surface area contributed by atoms with Crippen molar-refractivity contribution in [3.05, 3.63) is 12.2 Å². The summed E-state index contributed by atoms with van der Waals surface area (Å²) < 4.78 is 0. The molecule has 0 unspecified atom stereocenters. The fourth-order valence-corrected chi connectivity index (χ4v) is 1.95. The van der Waals surface area contributed by atoms with Crippen molar-refractivity contribution in [2.45, 2.75) is 39.5 Å². The molecule has 0 bridgehead atoms. The van der Waals surface area contributed by atoms with E-state index in [2.05, 4.69) is 13.0 Å². The average molecular weight is 166 g/mol. The second kappa shape index (κ2) is 4.44. The highest BCUT2D eigenvalue weighted by atomic mass is 16.1. The van der Waals surface area contributed by atoms with E-state index < -0.39 is 0 Å². The summed E-state index contributed by atoms with van der Waals surface area (Å²) in [6.07, 6.45) is 8.25. The summed E-state index contributed by atoms with van der Waals surface area (Å²) in [5.74, 6) is 1.39. The third-order valence-electron chi connectivity index (χ3n) is 2.81. The number of hydrogen-bond donors (Lipinski definition) is 0. The Morgan fingerprint density at radius 1 is 1.58 bits per heavy atom. The third-order valence-corrected chi connectivity index (χ3v) is 2.81. The summed E-state index contributed by atoms with van der Waals surface area (Å²) in [6.45, 7) is 4.21. The Kier molecular flexibility index (Phi) is 3.51. The van der Waals surface area contributed by atoms with Crippen LogP contribution in [-0.4, -0.2) is 5.78 Å². The fourth-order valence-electron chi connectivity index (χ4n) is 1.95. The number of rotatable bonds is 2. The SMILES string of the molecule is C/C=C/C[C@@H]1C(=O)CCC[C@H]1C. The van der Waals surface area contributed by atoms with Gasteiger partial charge in [-0.3, -0.25) is 4.79 Å². The summed E-state index contributed by atoms with van der Waals surface area (Å²) in [6, 6.07) is 0. The van der Waals surface area contributed by atoms with Crippen molar-refractivity contribution in [2.75, 3.05) is 0 Å². The first kappa shape index (κ1) is 9.50. The fraction of sp³-hybridized carbons (Fsp3) is 0.727. The van der Waals surface area contributed by atoms with E-state index in [9.17, 15) is 4.79 Å². The van der Waals surface area contributed by atoms with Gasteiger partial charge in [-0.25, -0.2) is 0 Å². The van der Waals surface area contributed by atoms with E-state index in [-0.39, 0.29) is 0 Å². The molecule has 12 heavy (non-hydrogen) atoms. The summed E-state index contributed by atoms with van der Waals surface area (Å²) in [4.78, 5) is 11.5. The zero-order chi connectivity index (χ0) is 8.97. The van der Waals surface area contributed by atoms with E-state index in [4.69, 9.17) is 0 Å². The zero-order valence-electron chi connectivity index (χ0n) is 8.05. The van der Waals surface area contributed by atoms with Gasteiger partial charge in [-0.15, -0.1) is 0 Å². The van der Waals surface area contributed by atoms with Gasteiger partial charge in [0.15, 0.2) is 0 Å². The molecule has 1 rings (SSSR count). The van der Waals surface area contributed by atoms with Crippen LogP contribution in [0.3, 0.4) is 0 Å². The van der Waals surface area contributed by atoms with E-state index in [0.29, 0.717) is 17.6 Å². The summed E-state index contributed by atoms with van der Waals surface area (Å²) >= 11 is 0. The highest BCUT2D eigenvalue weighted by molar-refractivity contribution is 5.82. The predicted molar refractivity (Wildman–Crippen MR) is 50.9 cm³/mol. The van der Waals surface area contributed by atoms with Crippen molar-refractivity contribution in [1.82, 2.24) is 0 Å². The molecule has 1 fully saturated rings. The highest BCUT2D eigenvalue weighted by Gasteiger charge is 2.27. The van der Waals surface area contributed by atoms with Crippen molar-refractivity contribution in [3.63, 3.8) is 0 Å². The standard InChI is InChI=1S/C11H18O/c1-3-4-7-10-9(2)6-5-8-11(10)12/h3-4,9-10H,5-8H2,1-2H3/b4-3+/t9-,10+/m1/s1. The molecule has 0 radical (unpaired) electrons. The molecule has 0 spiro atoms. The summed E-state index contributed by atoms with van der Waals surface area (Å²) in [5, 5.41) is 0. The Morgan fingerprint density at radius 3 is 2.92 bits per heavy atom. The smallest absolute Gasteiger partial charge is 0.136 e. The van der Waals surface area contributed by atoms with Crippen LogP contribution < -0.4 is 0 Å². The van der Waals surface area contributed by atoms with E-state index in [0.717, 1.165) is 19.3 Å². The maximum atomic E-state index is 11.5. The van der Waals surface area contributed by atoms with Crippen LogP contribution in [0.5, 0.6) is 0 Å². The van der Waals surface area contributed by atoms with Crippen molar-refractivity contribution >= 4 is 5.78 Å². The summed E-state index contributed by atoms with van der Waals surface area (Å²) in [7, 11) is 0. The molecule has 1 aliphatic rings. The lowest BCUT2D eigenvalue weighted by Gasteiger charge is -2.26. The molecule has 0 aliphatic heterocycles. The van der Waals surface area contributed by atoms with Gasteiger partial charge in [0.2, 0.25) is 0 Å². The molecule has 0 N–H and O–H groups in total. The van der Waals surface area contributed by atoms with Crippen molar-refractivity contribution in [3.8, 4) is 0 Å². The third kappa shape index (κ3) is 2.20. The zero-order valence-corrected chi connectivity index (χ0v) is 8.05. The molecule has 0 aromatic carbocycles. The van der Waals surface area contributed by atoms with Gasteiger partial charge in [-0.05, 0) is 32.1 Å². The Bertz CT molecular complexity index is 181. The van der Waals surface area contributed by atoms with Crippen LogP contribution in [0.2, 0.25) is 0 Å². The lowest BCUT2D eigenvalue weighted by Crippen LogP contribution is -2.25. The normalized spacial score (nSPS) is 31.3. The molecular formula is C11H18O. The van der Waals surface area contributed by atoms with Crippen LogP contribution in [0.1, 0.15) is 39.5 Å². The van der Waals surface area contributed by atoms with Crippen molar-refractivity contribution in [2.24, 2.45) is 11.8 Å². The largest absolute Gasteiger partial charge is 0.299 e. The second-order valence-corrected chi connectivity index (χ2v) is 3.75. The number of Topliss-reactive ketones (excluding diaryl/α,β-unsaturated/α-hetero) is 1. The van der Waals surface area contributed by atoms with E-state index in [1.54, 1.807) is 0 Å². The average Bonchev–Trinajstić information content (AvgIpc) is 2.04. The van der Waals surface area contributed by atoms with Gasteiger partial charge < -0.3 is 0 Å². The van der Waals surface area contributed by atoms with Gasteiger partial charge in [-0.2, -0.15) is 0 Å². The Hall–Kier alpha value is -0.590. The van der Waals surface area contributed by atoms with Gasteiger partial charge in [0, 0.05) is 12.3 Å². The molecule has 1 saturated carbocycles. The van der Waals surface area contributed by atoms with Gasteiger partial charge in [0.1, 0.15) is 5.78 Å². The number of allylic oxidation sites excluding steroid dienone is 2. The second-order valence-electron chi connectivity index (χ2n) is 3.75. The molecule has 68 valence electrons. The lowest BCUT2D eigenvalue weighted by molar-refractivity contribution is -0.126. The molecule has 0 aromatic rings. The first-order chi connectivity index (χ1) is 5.75. The maximum Gasteiger partial charge on any atom is 0.136 e. The number of hydrogen-bond acceptors (Lipinski definition) is 1. The Morgan fingerprint density at radius 2 is 2.33 bits per heavy atom. The van der Waals surface area contributed by atoms with Crippen LogP contribution in [0.25, 0.3) is 0 Å². The monoisotopic (exact) mass is 166 g/mol. The van der Waals surface area contributed by atoms with Gasteiger partial charge >= 0.3 is 0 Å². The Labute approximate surface area is 74.9 Å². The minimum absolute atomic E-state index is 0.315. The molecule has 0 saturated heterocycles. The van der Waals surface area contributed by atoms with Crippen molar-refractivity contribution < 1.29 is 4.79 Å². The van der Waals surface area contributed by atoms with Crippen LogP contribution >= 0.6 is 0 Å². The molecule has 1 aliphatic carbocycles. The lowest BCUT2D eigenvalue weighted by atomic mass is 9.78. The molecular weight excluding hydrogens is 148 g/mol. The Balaban J connectivity index is 2.51.